The summed E-state index contributed by atoms with van der Waals surface area (Å²) < 4.78 is 39.9. The zero-order valence-electron chi connectivity index (χ0n) is 14.7. The molecule has 0 saturated carbocycles. The lowest BCUT2D eigenvalue weighted by Gasteiger charge is -2.38. The molecule has 0 aromatic heterocycles. The van der Waals surface area contributed by atoms with Crippen molar-refractivity contribution >= 4 is 31.6 Å². The first-order valence-electron chi connectivity index (χ1n) is 7.04. The van der Waals surface area contributed by atoms with Crippen molar-refractivity contribution in [2.45, 2.75) is 13.1 Å². The van der Waals surface area contributed by atoms with E-state index in [0.29, 0.717) is 0 Å². The van der Waals surface area contributed by atoms with Crippen LogP contribution in [0.5, 0.6) is 0 Å². The average Bonchev–Trinajstić information content (AvgIpc) is 2.59. The van der Waals surface area contributed by atoms with Gasteiger partial charge in [0.2, 0.25) is 0 Å². The molecule has 0 aliphatic rings. The maximum Gasteiger partial charge on any atom is 0.671 e. The summed E-state index contributed by atoms with van der Waals surface area (Å²) in [6, 6.07) is 9.45. The SMILES string of the molecule is CO[Si](C)(C)O[Si](OC)(O[Si](OC)(OC)OC)c1ccccc1. The first kappa shape index (κ1) is 20.6. The molecular formula is C13H26O7Si3. The van der Waals surface area contributed by atoms with Gasteiger partial charge >= 0.3 is 26.4 Å². The third kappa shape index (κ3) is 5.03. The highest BCUT2D eigenvalue weighted by molar-refractivity contribution is 6.88. The molecule has 0 bridgehead atoms. The van der Waals surface area contributed by atoms with Crippen LogP contribution in [0.2, 0.25) is 13.1 Å². The predicted octanol–water partition coefficient (Wildman–Crippen LogP) is 1.24. The van der Waals surface area contributed by atoms with Crippen LogP contribution in [0.4, 0.5) is 0 Å². The first-order chi connectivity index (χ1) is 10.8. The molecule has 0 aliphatic heterocycles. The second-order valence-electron chi connectivity index (χ2n) is 5.05. The molecule has 0 aliphatic carbocycles. The molecule has 0 spiro atoms. The van der Waals surface area contributed by atoms with Crippen LogP contribution in [0, 0.1) is 0 Å². The second kappa shape index (κ2) is 8.62. The van der Waals surface area contributed by atoms with E-state index in [-0.39, 0.29) is 0 Å². The molecule has 10 heteroatoms. The molecule has 7 nitrogen and oxygen atoms in total. The molecule has 0 amide bonds. The summed E-state index contributed by atoms with van der Waals surface area (Å²) in [5.74, 6) is 0. The van der Waals surface area contributed by atoms with Crippen LogP contribution in [-0.2, 0) is 30.4 Å². The van der Waals surface area contributed by atoms with Crippen LogP contribution in [0.1, 0.15) is 0 Å². The number of hydrogen-bond donors (Lipinski definition) is 0. The summed E-state index contributed by atoms with van der Waals surface area (Å²) in [4.78, 5) is 0. The zero-order chi connectivity index (χ0) is 17.6. The Morgan fingerprint density at radius 1 is 0.652 bits per heavy atom. The normalized spacial score (nSPS) is 15.4. The van der Waals surface area contributed by atoms with Gasteiger partial charge in [-0.05, 0) is 13.1 Å². The van der Waals surface area contributed by atoms with E-state index in [0.717, 1.165) is 5.19 Å². The van der Waals surface area contributed by atoms with Gasteiger partial charge in [0.1, 0.15) is 0 Å². The van der Waals surface area contributed by atoms with E-state index in [1.165, 1.54) is 21.3 Å². The highest BCUT2D eigenvalue weighted by atomic mass is 28.5. The molecule has 0 saturated heterocycles. The molecule has 0 N–H and O–H groups in total. The van der Waals surface area contributed by atoms with Gasteiger partial charge in [-0.25, -0.2) is 0 Å². The van der Waals surface area contributed by atoms with Crippen LogP contribution in [0.25, 0.3) is 0 Å². The molecular weight excluding hydrogens is 352 g/mol. The molecule has 1 aromatic carbocycles. The largest absolute Gasteiger partial charge is 0.671 e. The van der Waals surface area contributed by atoms with Crippen LogP contribution >= 0.6 is 0 Å². The fourth-order valence-electron chi connectivity index (χ4n) is 1.89. The van der Waals surface area contributed by atoms with E-state index in [1.807, 2.05) is 43.4 Å². The van der Waals surface area contributed by atoms with E-state index >= 15 is 0 Å². The summed E-state index contributed by atoms with van der Waals surface area (Å²) in [5.41, 5.74) is 0. The number of hydrogen-bond acceptors (Lipinski definition) is 7. The average molecular weight is 379 g/mol. The Bertz CT molecular complexity index is 462. The Kier molecular flexibility index (Phi) is 7.73. The maximum atomic E-state index is 6.28. The van der Waals surface area contributed by atoms with Crippen molar-refractivity contribution in [3.8, 4) is 0 Å². The predicted molar refractivity (Wildman–Crippen MR) is 92.3 cm³/mol. The van der Waals surface area contributed by atoms with E-state index in [2.05, 4.69) is 0 Å². The minimum atomic E-state index is -3.39. The Balaban J connectivity index is 3.35. The van der Waals surface area contributed by atoms with Gasteiger partial charge in [0.05, 0.1) is 0 Å². The Morgan fingerprint density at radius 2 is 1.17 bits per heavy atom. The summed E-state index contributed by atoms with van der Waals surface area (Å²) in [6.07, 6.45) is 0. The molecule has 0 fully saturated rings. The quantitative estimate of drug-likeness (QED) is 0.568. The van der Waals surface area contributed by atoms with E-state index in [4.69, 9.17) is 30.4 Å². The third-order valence-electron chi connectivity index (χ3n) is 3.28. The van der Waals surface area contributed by atoms with Gasteiger partial charge in [0, 0.05) is 40.7 Å². The highest BCUT2D eigenvalue weighted by Crippen LogP contribution is 2.23. The monoisotopic (exact) mass is 378 g/mol. The Morgan fingerprint density at radius 3 is 1.57 bits per heavy atom. The van der Waals surface area contributed by atoms with Crippen molar-refractivity contribution in [1.82, 2.24) is 0 Å². The van der Waals surface area contributed by atoms with Crippen molar-refractivity contribution in [2.75, 3.05) is 35.5 Å². The van der Waals surface area contributed by atoms with Gasteiger partial charge in [-0.3, -0.25) is 0 Å². The van der Waals surface area contributed by atoms with Gasteiger partial charge in [0.25, 0.3) is 0 Å². The summed E-state index contributed by atoms with van der Waals surface area (Å²) in [6.45, 7) is 3.82. The molecule has 1 unspecified atom stereocenters. The van der Waals surface area contributed by atoms with E-state index in [1.54, 1.807) is 14.2 Å². The minimum Gasteiger partial charge on any atom is -0.398 e. The topological polar surface area (TPSA) is 64.6 Å². The molecule has 1 rings (SSSR count). The minimum absolute atomic E-state index is 0.781. The molecule has 1 aromatic rings. The van der Waals surface area contributed by atoms with Crippen molar-refractivity contribution < 1.29 is 30.4 Å². The lowest BCUT2D eigenvalue weighted by Crippen LogP contribution is -2.68. The molecule has 0 radical (unpaired) electrons. The molecule has 0 heterocycles. The molecule has 23 heavy (non-hydrogen) atoms. The van der Waals surface area contributed by atoms with Gasteiger partial charge in [-0.15, -0.1) is 0 Å². The van der Waals surface area contributed by atoms with Gasteiger partial charge < -0.3 is 30.4 Å². The van der Waals surface area contributed by atoms with Crippen LogP contribution < -0.4 is 5.19 Å². The fourth-order valence-corrected chi connectivity index (χ4v) is 10.6. The third-order valence-corrected chi connectivity index (χ3v) is 12.5. The van der Waals surface area contributed by atoms with Crippen LogP contribution in [0.3, 0.4) is 0 Å². The van der Waals surface area contributed by atoms with Crippen LogP contribution in [0.15, 0.2) is 30.3 Å². The Labute approximate surface area is 141 Å². The van der Waals surface area contributed by atoms with E-state index in [9.17, 15) is 0 Å². The van der Waals surface area contributed by atoms with Crippen molar-refractivity contribution in [3.05, 3.63) is 30.3 Å². The molecule has 1 atom stereocenters. The summed E-state index contributed by atoms with van der Waals surface area (Å²) in [5, 5.41) is 0.781. The fraction of sp³-hybridized carbons (Fsp3) is 0.538. The number of benzene rings is 1. The Hall–Kier alpha value is -0.409. The van der Waals surface area contributed by atoms with Crippen LogP contribution in [-0.4, -0.2) is 62.0 Å². The summed E-state index contributed by atoms with van der Waals surface area (Å²) in [7, 11) is -1.69. The zero-order valence-corrected chi connectivity index (χ0v) is 17.7. The van der Waals surface area contributed by atoms with Gasteiger partial charge in [0.15, 0.2) is 0 Å². The van der Waals surface area contributed by atoms with Gasteiger partial charge in [-0.2, -0.15) is 0 Å². The van der Waals surface area contributed by atoms with E-state index < -0.39 is 26.4 Å². The second-order valence-corrected chi connectivity index (χ2v) is 14.2. The van der Waals surface area contributed by atoms with Crippen molar-refractivity contribution in [3.63, 3.8) is 0 Å². The van der Waals surface area contributed by atoms with Crippen molar-refractivity contribution in [2.24, 2.45) is 0 Å². The summed E-state index contributed by atoms with van der Waals surface area (Å²) >= 11 is 0. The highest BCUT2D eigenvalue weighted by Gasteiger charge is 2.58. The number of rotatable bonds is 10. The lowest BCUT2D eigenvalue weighted by molar-refractivity contribution is 0.0236. The first-order valence-corrected chi connectivity index (χ1v) is 13.2. The van der Waals surface area contributed by atoms with Crippen molar-refractivity contribution in [1.29, 1.82) is 0 Å². The standard InChI is InChI=1S/C13H26O7Si3/c1-14-21(6,7)19-22(15-2,13-11-9-8-10-12-13)20-23(16-3,17-4)18-5/h8-12H,1-7H3. The molecule has 132 valence electrons. The van der Waals surface area contributed by atoms with Gasteiger partial charge in [-0.1, -0.05) is 30.3 Å². The maximum absolute atomic E-state index is 6.28. The smallest absolute Gasteiger partial charge is 0.398 e. The lowest BCUT2D eigenvalue weighted by atomic mass is 10.4.